The van der Waals surface area contributed by atoms with Gasteiger partial charge < -0.3 is 14.4 Å². The van der Waals surface area contributed by atoms with Crippen molar-refractivity contribution in [3.63, 3.8) is 0 Å². The van der Waals surface area contributed by atoms with Crippen molar-refractivity contribution < 1.29 is 18.5 Å². The molecule has 2 bridgehead atoms. The highest BCUT2D eigenvalue weighted by atomic mass is 35.5. The number of rotatable bonds is 9. The van der Waals surface area contributed by atoms with E-state index < -0.39 is 16.5 Å². The maximum atomic E-state index is 13.1. The predicted octanol–water partition coefficient (Wildman–Crippen LogP) is 7.71. The van der Waals surface area contributed by atoms with Crippen LogP contribution in [0.3, 0.4) is 0 Å². The van der Waals surface area contributed by atoms with Gasteiger partial charge >= 0.3 is 0 Å². The van der Waals surface area contributed by atoms with E-state index in [1.165, 1.54) is 11.1 Å². The normalized spacial score (nSPS) is 26.1. The summed E-state index contributed by atoms with van der Waals surface area (Å²) in [6.07, 6.45) is 11.3. The first kappa shape index (κ1) is 32.6. The maximum absolute atomic E-state index is 13.1. The fourth-order valence-corrected chi connectivity index (χ4v) is 7.50. The van der Waals surface area contributed by atoms with Crippen LogP contribution in [0.5, 0.6) is 5.75 Å². The molecule has 1 aliphatic carbocycles. The number of halogens is 1. The zero-order chi connectivity index (χ0) is 30.1. The lowest BCUT2D eigenvalue weighted by atomic mass is 9.70. The van der Waals surface area contributed by atoms with Gasteiger partial charge in [0.2, 0.25) is 0 Å². The molecule has 4 rings (SSSR count). The quantitative estimate of drug-likeness (QED) is 0.178. The lowest BCUT2D eigenvalue weighted by molar-refractivity contribution is 0.0135. The Balaban J connectivity index is 1.55. The lowest BCUT2D eigenvalue weighted by Crippen LogP contribution is -2.43. The fraction of sp³-hybridized carbons (Fsp3) is 0.559. The standard InChI is InChI=1S/C34H47ClN2O4S/c1-5-25-10-9-12-32(40-4)30-17-14-28(30)22-37(6-2)31-21-27(34(38)36-42(39)23-25)15-18-33(31)41-19-8-7-11-26-20-29(35)16-13-24(26)3/h9,12-13,15-16,18,20-21,25,28,30,32,42H,5-8,10-11,14,17,19,22-23H2,1-4H3/b12-9+/t25-,28-,30+,32-/m0/s1. The fourth-order valence-electron chi connectivity index (χ4n) is 6.06. The van der Waals surface area contributed by atoms with Crippen LogP contribution >= 0.6 is 11.6 Å². The third kappa shape index (κ3) is 8.61. The third-order valence-corrected chi connectivity index (χ3v) is 10.4. The molecule has 0 saturated heterocycles. The molecule has 1 fully saturated rings. The van der Waals surface area contributed by atoms with Crippen LogP contribution in [-0.4, -0.2) is 48.8 Å². The SMILES string of the molecule is CC[C@H]1C/C=C/[C@H](OC)[C@@H]2CC[C@H]2CN(CC)c2cc(ccc2OCCCCc2cc(Cl)ccc2C)C(=O)/N=[SH](=O)\C1. The third-order valence-electron chi connectivity index (χ3n) is 8.95. The van der Waals surface area contributed by atoms with Crippen molar-refractivity contribution in [1.29, 1.82) is 0 Å². The van der Waals surface area contributed by atoms with E-state index in [1.54, 1.807) is 13.2 Å². The van der Waals surface area contributed by atoms with Crippen molar-refractivity contribution in [3.8, 4) is 5.75 Å². The monoisotopic (exact) mass is 614 g/mol. The second kappa shape index (κ2) is 15.9. The molecule has 1 unspecified atom stereocenters. The summed E-state index contributed by atoms with van der Waals surface area (Å²) in [4.78, 5) is 15.4. The van der Waals surface area contributed by atoms with Crippen LogP contribution in [0, 0.1) is 24.7 Å². The van der Waals surface area contributed by atoms with Gasteiger partial charge in [0.15, 0.2) is 0 Å². The Morgan fingerprint density at radius 3 is 2.67 bits per heavy atom. The van der Waals surface area contributed by atoms with Crippen molar-refractivity contribution in [2.75, 3.05) is 37.5 Å². The Morgan fingerprint density at radius 1 is 1.12 bits per heavy atom. The Kier molecular flexibility index (Phi) is 12.3. The highest BCUT2D eigenvalue weighted by Crippen LogP contribution is 2.41. The minimum Gasteiger partial charge on any atom is -0.491 e. The largest absolute Gasteiger partial charge is 0.491 e. The van der Waals surface area contributed by atoms with Crippen LogP contribution in [0.2, 0.25) is 5.02 Å². The average Bonchev–Trinajstić information content (AvgIpc) is 2.97. The lowest BCUT2D eigenvalue weighted by Gasteiger charge is -2.43. The molecule has 1 heterocycles. The van der Waals surface area contributed by atoms with Gasteiger partial charge in [-0.2, -0.15) is 4.36 Å². The molecular formula is C34H47ClN2O4S. The average molecular weight is 615 g/mol. The number of allylic oxidation sites excluding steroid dienone is 1. The van der Waals surface area contributed by atoms with Gasteiger partial charge in [0.1, 0.15) is 5.75 Å². The molecule has 42 heavy (non-hydrogen) atoms. The van der Waals surface area contributed by atoms with Crippen molar-refractivity contribution in [3.05, 3.63) is 70.3 Å². The molecule has 8 heteroatoms. The molecule has 1 saturated carbocycles. The molecule has 0 spiro atoms. The number of aryl methyl sites for hydroxylation is 2. The summed E-state index contributed by atoms with van der Waals surface area (Å²) >= 11 is 6.20. The van der Waals surface area contributed by atoms with Crippen LogP contribution in [0.4, 0.5) is 5.69 Å². The molecule has 2 aromatic carbocycles. The van der Waals surface area contributed by atoms with Gasteiger partial charge in [0.25, 0.3) is 5.91 Å². The Morgan fingerprint density at radius 2 is 1.95 bits per heavy atom. The number of methoxy groups -OCH3 is 1. The molecule has 2 aromatic rings. The smallest absolute Gasteiger partial charge is 0.284 e. The number of nitrogens with zero attached hydrogens (tertiary/aromatic N) is 2. The first-order valence-corrected chi connectivity index (χ1v) is 17.3. The van der Waals surface area contributed by atoms with Crippen LogP contribution in [0.15, 0.2) is 52.9 Å². The van der Waals surface area contributed by atoms with Crippen molar-refractivity contribution in [2.24, 2.45) is 22.1 Å². The summed E-state index contributed by atoms with van der Waals surface area (Å²) in [5.74, 6) is 1.91. The van der Waals surface area contributed by atoms with E-state index >= 15 is 0 Å². The van der Waals surface area contributed by atoms with Crippen LogP contribution in [-0.2, 0) is 21.8 Å². The number of carbonyl (C=O) groups excluding carboxylic acids is 1. The Hall–Kier alpha value is -2.35. The number of carbonyl (C=O) groups is 1. The van der Waals surface area contributed by atoms with Gasteiger partial charge in [-0.15, -0.1) is 0 Å². The van der Waals surface area contributed by atoms with Gasteiger partial charge in [-0.1, -0.05) is 43.2 Å². The number of unbranched alkanes of at least 4 members (excludes halogenated alkanes) is 1. The van der Waals surface area contributed by atoms with E-state index in [0.717, 1.165) is 74.5 Å². The summed E-state index contributed by atoms with van der Waals surface area (Å²) in [5.41, 5.74) is 3.88. The highest BCUT2D eigenvalue weighted by molar-refractivity contribution is 7.75. The topological polar surface area (TPSA) is 68.2 Å². The number of thiol groups is 1. The van der Waals surface area contributed by atoms with Crippen molar-refractivity contribution in [1.82, 2.24) is 0 Å². The molecule has 1 aliphatic heterocycles. The summed E-state index contributed by atoms with van der Waals surface area (Å²) in [6.45, 7) is 8.57. The van der Waals surface area contributed by atoms with Gasteiger partial charge in [-0.25, -0.2) is 0 Å². The Bertz CT molecular complexity index is 1320. The zero-order valence-electron chi connectivity index (χ0n) is 25.6. The molecule has 0 radical (unpaired) electrons. The molecule has 6 nitrogen and oxygen atoms in total. The summed E-state index contributed by atoms with van der Waals surface area (Å²) in [6, 6.07) is 11.6. The van der Waals surface area contributed by atoms with Crippen LogP contribution in [0.1, 0.15) is 73.9 Å². The molecule has 1 amide bonds. The molecule has 230 valence electrons. The summed E-state index contributed by atoms with van der Waals surface area (Å²) in [5, 5.41) is 0.769. The number of hydrogen-bond donors (Lipinski definition) is 1. The number of fused-ring (bicyclic) bond motifs is 3. The molecule has 5 atom stereocenters. The number of benzene rings is 2. The van der Waals surface area contributed by atoms with Crippen LogP contribution in [0.25, 0.3) is 0 Å². The number of anilines is 1. The minimum atomic E-state index is -1.99. The maximum Gasteiger partial charge on any atom is 0.284 e. The second-order valence-corrected chi connectivity index (χ2v) is 13.4. The Labute approximate surface area is 259 Å². The minimum absolute atomic E-state index is 0.0677. The van der Waals surface area contributed by atoms with E-state index in [-0.39, 0.29) is 12.0 Å². The first-order valence-electron chi connectivity index (χ1n) is 15.5. The van der Waals surface area contributed by atoms with Gasteiger partial charge in [0, 0.05) is 47.1 Å². The summed E-state index contributed by atoms with van der Waals surface area (Å²) in [7, 11) is -0.192. The molecule has 0 N–H and O–H groups in total. The zero-order valence-corrected chi connectivity index (χ0v) is 27.2. The van der Waals surface area contributed by atoms with E-state index in [0.29, 0.717) is 29.8 Å². The summed E-state index contributed by atoms with van der Waals surface area (Å²) < 4.78 is 29.3. The van der Waals surface area contributed by atoms with Crippen molar-refractivity contribution >= 4 is 33.8 Å². The number of amides is 1. The van der Waals surface area contributed by atoms with E-state index in [9.17, 15) is 9.00 Å². The number of hydrogen-bond acceptors (Lipinski definition) is 5. The van der Waals surface area contributed by atoms with E-state index in [4.69, 9.17) is 21.1 Å². The van der Waals surface area contributed by atoms with Crippen LogP contribution < -0.4 is 9.64 Å². The van der Waals surface area contributed by atoms with Gasteiger partial charge in [0.05, 0.1) is 18.4 Å². The molecule has 2 aliphatic rings. The van der Waals surface area contributed by atoms with Gasteiger partial charge in [-0.05, 0) is 112 Å². The molecular weight excluding hydrogens is 568 g/mol. The number of ether oxygens (including phenoxy) is 2. The predicted molar refractivity (Wildman–Crippen MR) is 175 cm³/mol. The second-order valence-electron chi connectivity index (χ2n) is 11.7. The van der Waals surface area contributed by atoms with Gasteiger partial charge in [-0.3, -0.25) is 9.00 Å². The molecule has 0 aromatic heterocycles. The first-order chi connectivity index (χ1) is 20.3. The van der Waals surface area contributed by atoms with E-state index in [2.05, 4.69) is 48.3 Å². The van der Waals surface area contributed by atoms with Crippen molar-refractivity contribution in [2.45, 2.75) is 71.8 Å². The van der Waals surface area contributed by atoms with E-state index in [1.807, 2.05) is 24.3 Å². The highest BCUT2D eigenvalue weighted by Gasteiger charge is 2.37.